The van der Waals surface area contributed by atoms with Gasteiger partial charge in [-0.05, 0) is 87.1 Å². The summed E-state index contributed by atoms with van der Waals surface area (Å²) in [5, 5.41) is 34.5. The SMILES string of the molecule is CC(C)C12SSSS[C@]3(C(=O)N1C)[C@@H](O)C1(C45c6ccccc6N[C@H]4N4C(=O)C6(C(C)C)SS[C@@]4(C(=O)N6C)[C@H]5O)c4ccccc4N[C@@H]1N3C2=O. The zero-order valence-corrected chi connectivity index (χ0v) is 33.7. The highest BCUT2D eigenvalue weighted by Crippen LogP contribution is 2.79. The smallest absolute Gasteiger partial charge is 0.264 e. The molecule has 4 N–H and O–H groups in total. The Morgan fingerprint density at radius 1 is 0.596 bits per heavy atom. The van der Waals surface area contributed by atoms with E-state index in [4.69, 9.17) is 0 Å². The van der Waals surface area contributed by atoms with Gasteiger partial charge in [0.05, 0.1) is 10.8 Å². The zero-order chi connectivity index (χ0) is 36.7. The first kappa shape index (κ1) is 34.4. The van der Waals surface area contributed by atoms with E-state index in [2.05, 4.69) is 10.6 Å². The van der Waals surface area contributed by atoms with Crippen LogP contribution in [0.4, 0.5) is 11.4 Å². The standard InChI is InChI=1S/C34H36N6O6S6/c1-15(2)31-27(45)39-23-29(17-11-7-9-13-19(17)35-23,21(41)33(39,48-47-31)25(43)37(31)5)30-18-12-8-10-14-20(18)36-24(30)40-28(46)32(16(3)4)38(6)26(44)34(40,22(30)42)50-52-51-49-32/h7-16,21-24,35-36,41-42H,1-6H3/t21-,22-,23-,24+,29?,30?,31?,32?,33+,34-/m0/s1. The second-order valence-corrected chi connectivity index (χ2v) is 24.1. The Labute approximate surface area is 323 Å². The van der Waals surface area contributed by atoms with E-state index < -0.39 is 66.7 Å². The molecule has 4 bridgehead atoms. The normalized spacial score (nSPS) is 43.7. The van der Waals surface area contributed by atoms with Crippen LogP contribution < -0.4 is 10.6 Å². The van der Waals surface area contributed by atoms with Gasteiger partial charge in [-0.3, -0.25) is 29.0 Å². The maximum Gasteiger partial charge on any atom is 0.264 e. The van der Waals surface area contributed by atoms with Crippen molar-refractivity contribution < 1.29 is 29.4 Å². The lowest BCUT2D eigenvalue weighted by atomic mass is 9.52. The van der Waals surface area contributed by atoms with Gasteiger partial charge >= 0.3 is 0 Å². The maximum atomic E-state index is 15.5. The molecule has 10 aliphatic rings. The number of fused-ring (bicyclic) bond motifs is 13. The first-order valence-electron chi connectivity index (χ1n) is 17.1. The Bertz CT molecular complexity index is 2050. The summed E-state index contributed by atoms with van der Waals surface area (Å²) in [7, 11) is 11.0. The molecule has 2 aromatic rings. The fourth-order valence-electron chi connectivity index (χ4n) is 11.0. The van der Waals surface area contributed by atoms with Crippen LogP contribution in [0.3, 0.4) is 0 Å². The van der Waals surface area contributed by atoms with Crippen LogP contribution in [0.5, 0.6) is 0 Å². The highest BCUT2D eigenvalue weighted by molar-refractivity contribution is 9.26. The maximum absolute atomic E-state index is 15.5. The number of aliphatic hydroxyl groups excluding tert-OH is 2. The lowest BCUT2D eigenvalue weighted by molar-refractivity contribution is -0.169. The van der Waals surface area contributed by atoms with Crippen molar-refractivity contribution in [2.45, 2.75) is 82.5 Å². The summed E-state index contributed by atoms with van der Waals surface area (Å²) in [5.41, 5.74) is -0.877. The molecule has 274 valence electrons. The number of amides is 4. The van der Waals surface area contributed by atoms with Crippen molar-refractivity contribution in [1.82, 2.24) is 19.6 Å². The van der Waals surface area contributed by atoms with Gasteiger partial charge < -0.3 is 30.6 Å². The lowest BCUT2D eigenvalue weighted by Gasteiger charge is -2.60. The van der Waals surface area contributed by atoms with Crippen molar-refractivity contribution in [3.8, 4) is 0 Å². The minimum atomic E-state index is -1.84. The van der Waals surface area contributed by atoms with E-state index in [1.165, 1.54) is 61.8 Å². The molecule has 10 aliphatic heterocycles. The molecular formula is C34H36N6O6S6. The molecule has 8 saturated heterocycles. The van der Waals surface area contributed by atoms with E-state index in [9.17, 15) is 15.0 Å². The number of carbonyl (C=O) groups excluding carboxylic acids is 4. The lowest BCUT2D eigenvalue weighted by Crippen LogP contribution is -2.79. The summed E-state index contributed by atoms with van der Waals surface area (Å²) in [6.45, 7) is 7.68. The fraction of sp³-hybridized carbons (Fsp3) is 0.529. The van der Waals surface area contributed by atoms with Crippen molar-refractivity contribution in [2.24, 2.45) is 11.8 Å². The molecule has 4 unspecified atom stereocenters. The molecule has 4 amide bonds. The number of hydrogen-bond acceptors (Lipinski definition) is 14. The topological polar surface area (TPSA) is 146 Å². The Kier molecular flexibility index (Phi) is 6.89. The number of anilines is 2. The molecule has 8 fully saturated rings. The van der Waals surface area contributed by atoms with Crippen LogP contribution >= 0.6 is 62.8 Å². The summed E-state index contributed by atoms with van der Waals surface area (Å²) in [6.07, 6.45) is -5.37. The molecule has 10 atom stereocenters. The van der Waals surface area contributed by atoms with E-state index in [1.807, 2.05) is 76.2 Å². The number of piperazine rings is 2. The van der Waals surface area contributed by atoms with Crippen LogP contribution in [0, 0.1) is 11.8 Å². The highest BCUT2D eigenvalue weighted by atomic mass is 33.7. The number of aliphatic hydroxyl groups is 2. The summed E-state index contributed by atoms with van der Waals surface area (Å²) in [4.78, 5) is 61.0. The van der Waals surface area contributed by atoms with Gasteiger partial charge in [0.15, 0.2) is 9.74 Å². The minimum absolute atomic E-state index is 0.283. The zero-order valence-electron chi connectivity index (χ0n) is 28.8. The number of nitrogens with one attached hydrogen (secondary N) is 2. The molecule has 12 rings (SSSR count). The summed E-state index contributed by atoms with van der Waals surface area (Å²) < 4.78 is 0. The van der Waals surface area contributed by atoms with Crippen LogP contribution in [0.25, 0.3) is 0 Å². The van der Waals surface area contributed by atoms with Gasteiger partial charge in [0.2, 0.25) is 9.74 Å². The van der Waals surface area contributed by atoms with Crippen molar-refractivity contribution in [3.05, 3.63) is 59.7 Å². The van der Waals surface area contributed by atoms with Crippen molar-refractivity contribution in [3.63, 3.8) is 0 Å². The predicted molar refractivity (Wildman–Crippen MR) is 208 cm³/mol. The van der Waals surface area contributed by atoms with Crippen LogP contribution in [-0.4, -0.2) is 112 Å². The average molecular weight is 817 g/mol. The van der Waals surface area contributed by atoms with Crippen LogP contribution in [0.15, 0.2) is 48.5 Å². The van der Waals surface area contributed by atoms with Gasteiger partial charge in [-0.1, -0.05) is 74.9 Å². The van der Waals surface area contributed by atoms with Gasteiger partial charge in [-0.25, -0.2) is 0 Å². The molecule has 10 heterocycles. The van der Waals surface area contributed by atoms with E-state index in [0.29, 0.717) is 22.5 Å². The number of likely N-dealkylation sites (N-methyl/N-ethyl adjacent to an activating group) is 2. The second-order valence-electron chi connectivity index (χ2n) is 15.4. The monoisotopic (exact) mass is 816 g/mol. The third-order valence-corrected chi connectivity index (χ3v) is 24.6. The van der Waals surface area contributed by atoms with Gasteiger partial charge in [0.25, 0.3) is 23.6 Å². The van der Waals surface area contributed by atoms with Crippen molar-refractivity contribution >= 4 is 97.8 Å². The molecule has 0 aromatic heterocycles. The number of para-hydroxylation sites is 2. The summed E-state index contributed by atoms with van der Waals surface area (Å²) in [5.74, 6) is -2.05. The van der Waals surface area contributed by atoms with Crippen LogP contribution in [-0.2, 0) is 30.0 Å². The Morgan fingerprint density at radius 2 is 1.00 bits per heavy atom. The minimum Gasteiger partial charge on any atom is -0.388 e. The number of benzene rings is 2. The van der Waals surface area contributed by atoms with Crippen LogP contribution in [0.2, 0.25) is 0 Å². The molecule has 0 radical (unpaired) electrons. The first-order chi connectivity index (χ1) is 24.7. The molecular weight excluding hydrogens is 781 g/mol. The molecule has 0 saturated carbocycles. The molecule has 52 heavy (non-hydrogen) atoms. The van der Waals surface area contributed by atoms with Gasteiger partial charge in [-0.2, -0.15) is 0 Å². The molecule has 2 spiro atoms. The van der Waals surface area contributed by atoms with E-state index in [-0.39, 0.29) is 23.7 Å². The Hall–Kier alpha value is -2.06. The predicted octanol–water partition coefficient (Wildman–Crippen LogP) is 3.90. The van der Waals surface area contributed by atoms with Crippen molar-refractivity contribution in [1.29, 1.82) is 0 Å². The van der Waals surface area contributed by atoms with E-state index in [0.717, 1.165) is 10.8 Å². The average Bonchev–Trinajstić information content (AvgIpc) is 3.76. The van der Waals surface area contributed by atoms with E-state index >= 15 is 14.4 Å². The van der Waals surface area contributed by atoms with Gasteiger partial charge in [-0.15, -0.1) is 0 Å². The summed E-state index contributed by atoms with van der Waals surface area (Å²) in [6, 6.07) is 14.9. The molecule has 18 heteroatoms. The highest BCUT2D eigenvalue weighted by Gasteiger charge is 2.92. The number of rotatable bonds is 3. The quantitative estimate of drug-likeness (QED) is 0.333. The third-order valence-electron chi connectivity index (χ3n) is 13.2. The van der Waals surface area contributed by atoms with Gasteiger partial charge in [0.1, 0.15) is 24.5 Å². The van der Waals surface area contributed by atoms with Crippen molar-refractivity contribution in [2.75, 3.05) is 24.7 Å². The molecule has 2 aromatic carbocycles. The third kappa shape index (κ3) is 3.09. The van der Waals surface area contributed by atoms with Gasteiger partial charge in [0, 0.05) is 25.5 Å². The fourth-order valence-corrected chi connectivity index (χ4v) is 23.3. The van der Waals surface area contributed by atoms with Crippen LogP contribution in [0.1, 0.15) is 38.8 Å². The molecule has 0 aliphatic carbocycles. The second kappa shape index (κ2) is 10.4. The molecule has 12 nitrogen and oxygen atoms in total. The summed E-state index contributed by atoms with van der Waals surface area (Å²) >= 11 is 0. The largest absolute Gasteiger partial charge is 0.388 e. The van der Waals surface area contributed by atoms with E-state index in [1.54, 1.807) is 23.9 Å². The number of hydrogen-bond donors (Lipinski definition) is 4. The number of nitrogens with zero attached hydrogens (tertiary/aromatic N) is 4. The first-order valence-corrected chi connectivity index (χ1v) is 24.1. The number of carbonyl (C=O) groups is 4. The Morgan fingerprint density at radius 3 is 1.46 bits per heavy atom. The Balaban J connectivity index is 1.34.